The van der Waals surface area contributed by atoms with Crippen LogP contribution in [0.25, 0.3) is 0 Å². The van der Waals surface area contributed by atoms with E-state index in [0.29, 0.717) is 11.5 Å². The lowest BCUT2D eigenvalue weighted by atomic mass is 10.1. The van der Waals surface area contributed by atoms with Crippen LogP contribution in [0.3, 0.4) is 0 Å². The zero-order valence-corrected chi connectivity index (χ0v) is 14.8. The number of rotatable bonds is 5. The molecule has 0 unspecified atom stereocenters. The van der Waals surface area contributed by atoms with Gasteiger partial charge in [0.05, 0.1) is 12.0 Å². The lowest BCUT2D eigenvalue weighted by Gasteiger charge is -2.20. The number of carbonyl (C=O) groups excluding carboxylic acids is 1. The van der Waals surface area contributed by atoms with Crippen molar-refractivity contribution in [3.8, 4) is 23.1 Å². The molecule has 1 aromatic heterocycles. The molecular weight excluding hydrogens is 342 g/mol. The minimum atomic E-state index is -0.592. The maximum atomic E-state index is 11.8. The summed E-state index contributed by atoms with van der Waals surface area (Å²) in [5.74, 6) is 1.06. The fraction of sp³-hybridized carbons (Fsp3) is 0.294. The number of pyridine rings is 1. The van der Waals surface area contributed by atoms with Gasteiger partial charge in [0.2, 0.25) is 5.88 Å². The van der Waals surface area contributed by atoms with Gasteiger partial charge < -0.3 is 19.5 Å². The molecule has 1 aromatic carbocycles. The van der Waals surface area contributed by atoms with E-state index in [1.807, 2.05) is 20.8 Å². The number of nitro groups is 1. The van der Waals surface area contributed by atoms with Gasteiger partial charge in [-0.25, -0.2) is 9.78 Å². The van der Waals surface area contributed by atoms with Crippen LogP contribution >= 0.6 is 0 Å². The monoisotopic (exact) mass is 361 g/mol. The first-order valence-electron chi connectivity index (χ1n) is 7.64. The van der Waals surface area contributed by atoms with Gasteiger partial charge >= 0.3 is 6.09 Å². The molecular formula is C17H19N3O6. The molecule has 1 amide bonds. The van der Waals surface area contributed by atoms with Crippen molar-refractivity contribution in [1.82, 2.24) is 10.3 Å². The van der Waals surface area contributed by atoms with Crippen LogP contribution in [0.4, 0.5) is 10.5 Å². The average molecular weight is 361 g/mol. The first kappa shape index (κ1) is 19.0. The van der Waals surface area contributed by atoms with Crippen molar-refractivity contribution in [3.05, 3.63) is 46.6 Å². The minimum absolute atomic E-state index is 0.141. The van der Waals surface area contributed by atoms with Gasteiger partial charge in [0, 0.05) is 23.7 Å². The van der Waals surface area contributed by atoms with E-state index < -0.39 is 16.6 Å². The third-order valence-corrected chi connectivity index (χ3v) is 2.97. The van der Waals surface area contributed by atoms with Gasteiger partial charge in [0.1, 0.15) is 11.9 Å². The topological polar surface area (TPSA) is 113 Å². The van der Waals surface area contributed by atoms with Crippen LogP contribution < -0.4 is 19.5 Å². The summed E-state index contributed by atoms with van der Waals surface area (Å²) in [5.41, 5.74) is -0.566. The van der Waals surface area contributed by atoms with E-state index >= 15 is 0 Å². The van der Waals surface area contributed by atoms with Crippen molar-refractivity contribution >= 4 is 11.8 Å². The Bertz CT molecular complexity index is 799. The van der Waals surface area contributed by atoms with Crippen LogP contribution in [0.5, 0.6) is 23.1 Å². The largest absolute Gasteiger partial charge is 0.493 e. The van der Waals surface area contributed by atoms with Gasteiger partial charge in [0.15, 0.2) is 11.5 Å². The third kappa shape index (κ3) is 5.33. The second-order valence-corrected chi connectivity index (χ2v) is 6.29. The Labute approximate surface area is 150 Å². The van der Waals surface area contributed by atoms with E-state index in [2.05, 4.69) is 10.3 Å². The van der Waals surface area contributed by atoms with Crippen LogP contribution in [0.1, 0.15) is 20.8 Å². The number of hydrogen-bond donors (Lipinski definition) is 1. The summed E-state index contributed by atoms with van der Waals surface area (Å²) in [5, 5.41) is 13.3. The first-order chi connectivity index (χ1) is 12.2. The molecule has 0 bridgehead atoms. The van der Waals surface area contributed by atoms with E-state index in [1.54, 1.807) is 6.07 Å². The number of nitrogens with zero attached hydrogens (tertiary/aromatic N) is 2. The predicted molar refractivity (Wildman–Crippen MR) is 92.9 cm³/mol. The predicted octanol–water partition coefficient (Wildman–Crippen LogP) is 3.68. The maximum Gasteiger partial charge on any atom is 0.413 e. The van der Waals surface area contributed by atoms with Gasteiger partial charge in [0.25, 0.3) is 5.69 Å². The van der Waals surface area contributed by atoms with Gasteiger partial charge in [-0.2, -0.15) is 0 Å². The van der Waals surface area contributed by atoms with Crippen LogP contribution in [0.2, 0.25) is 0 Å². The van der Waals surface area contributed by atoms with Gasteiger partial charge in [-0.15, -0.1) is 0 Å². The van der Waals surface area contributed by atoms with E-state index in [4.69, 9.17) is 14.2 Å². The summed E-state index contributed by atoms with van der Waals surface area (Å²) in [7, 11) is 1.43. The van der Waals surface area contributed by atoms with Crippen molar-refractivity contribution in [3.63, 3.8) is 0 Å². The highest BCUT2D eigenvalue weighted by Crippen LogP contribution is 2.34. The average Bonchev–Trinajstić information content (AvgIpc) is 2.55. The van der Waals surface area contributed by atoms with Crippen molar-refractivity contribution in [1.29, 1.82) is 0 Å². The number of nitrogens with one attached hydrogen (secondary N) is 1. The van der Waals surface area contributed by atoms with Gasteiger partial charge in [-0.05, 0) is 32.9 Å². The van der Waals surface area contributed by atoms with Gasteiger partial charge in [-0.3, -0.25) is 10.1 Å². The van der Waals surface area contributed by atoms with Crippen LogP contribution in [0, 0.1) is 10.1 Å². The zero-order valence-electron chi connectivity index (χ0n) is 14.8. The third-order valence-electron chi connectivity index (χ3n) is 2.97. The molecule has 0 radical (unpaired) electrons. The molecule has 138 valence electrons. The van der Waals surface area contributed by atoms with Gasteiger partial charge in [-0.1, -0.05) is 0 Å². The SMILES string of the molecule is COc1cc(OC(=O)NC(C)(C)C)ccc1Oc1ccc([N+](=O)[O-])cn1. The fourth-order valence-electron chi connectivity index (χ4n) is 1.89. The van der Waals surface area contributed by atoms with Crippen molar-refractivity contribution in [2.45, 2.75) is 26.3 Å². The molecule has 2 rings (SSSR count). The molecule has 0 spiro atoms. The lowest BCUT2D eigenvalue weighted by molar-refractivity contribution is -0.385. The molecule has 0 saturated carbocycles. The Balaban J connectivity index is 2.13. The second-order valence-electron chi connectivity index (χ2n) is 6.29. The number of carbonyl (C=O) groups is 1. The number of benzene rings is 1. The number of aromatic nitrogens is 1. The smallest absolute Gasteiger partial charge is 0.413 e. The normalized spacial score (nSPS) is 10.8. The van der Waals surface area contributed by atoms with Crippen molar-refractivity contribution in [2.75, 3.05) is 7.11 Å². The summed E-state index contributed by atoms with van der Waals surface area (Å²) in [6.07, 6.45) is 0.501. The van der Waals surface area contributed by atoms with E-state index in [0.717, 1.165) is 6.20 Å². The molecule has 0 fully saturated rings. The van der Waals surface area contributed by atoms with Crippen LogP contribution in [-0.2, 0) is 0 Å². The summed E-state index contributed by atoms with van der Waals surface area (Å²) in [4.78, 5) is 25.8. The molecule has 0 atom stereocenters. The Kier molecular flexibility index (Phi) is 5.61. The molecule has 26 heavy (non-hydrogen) atoms. The van der Waals surface area contributed by atoms with Crippen LogP contribution in [0.15, 0.2) is 36.5 Å². The standard InChI is InChI=1S/C17H19N3O6/c1-17(2,3)19-16(21)25-12-6-7-13(14(9-12)24-4)26-15-8-5-11(10-18-15)20(22)23/h5-10H,1-4H3,(H,19,21). The van der Waals surface area contributed by atoms with Crippen molar-refractivity contribution < 1.29 is 23.9 Å². The Morgan fingerprint density at radius 3 is 2.46 bits per heavy atom. The molecule has 0 aliphatic rings. The number of methoxy groups -OCH3 is 1. The zero-order chi connectivity index (χ0) is 19.3. The van der Waals surface area contributed by atoms with Crippen molar-refractivity contribution in [2.24, 2.45) is 0 Å². The second kappa shape index (κ2) is 7.68. The Morgan fingerprint density at radius 2 is 1.92 bits per heavy atom. The highest BCUT2D eigenvalue weighted by molar-refractivity contribution is 5.71. The van der Waals surface area contributed by atoms with Crippen LogP contribution in [-0.4, -0.2) is 28.6 Å². The van der Waals surface area contributed by atoms with E-state index in [1.165, 1.54) is 31.4 Å². The van der Waals surface area contributed by atoms with E-state index in [-0.39, 0.29) is 17.3 Å². The quantitative estimate of drug-likeness (QED) is 0.638. The first-order valence-corrected chi connectivity index (χ1v) is 7.64. The fourth-order valence-corrected chi connectivity index (χ4v) is 1.89. The molecule has 9 heteroatoms. The summed E-state index contributed by atoms with van der Waals surface area (Å²) >= 11 is 0. The summed E-state index contributed by atoms with van der Waals surface area (Å²) in [6.45, 7) is 5.51. The summed E-state index contributed by atoms with van der Waals surface area (Å²) in [6, 6.07) is 7.22. The minimum Gasteiger partial charge on any atom is -0.493 e. The maximum absolute atomic E-state index is 11.8. The Morgan fingerprint density at radius 1 is 1.19 bits per heavy atom. The molecule has 0 saturated heterocycles. The lowest BCUT2D eigenvalue weighted by Crippen LogP contribution is -2.42. The molecule has 0 aliphatic carbocycles. The number of ether oxygens (including phenoxy) is 3. The molecule has 2 aromatic rings. The highest BCUT2D eigenvalue weighted by atomic mass is 16.6. The Hall–Kier alpha value is -3.36. The highest BCUT2D eigenvalue weighted by Gasteiger charge is 2.16. The summed E-state index contributed by atoms with van der Waals surface area (Å²) < 4.78 is 16.0. The molecule has 1 heterocycles. The number of amides is 1. The number of hydrogen-bond acceptors (Lipinski definition) is 7. The molecule has 0 aliphatic heterocycles. The molecule has 9 nitrogen and oxygen atoms in total. The molecule has 1 N–H and O–H groups in total. The van der Waals surface area contributed by atoms with E-state index in [9.17, 15) is 14.9 Å².